The molecule has 0 atom stereocenters. The first-order valence-electron chi connectivity index (χ1n) is 5.76. The van der Waals surface area contributed by atoms with E-state index in [0.717, 1.165) is 4.31 Å². The SMILES string of the molecule is CN(C)S(=O)(=O)c1ccc(N(CCBr)CC(F)F)nc1. The Bertz CT molecular complexity index is 523. The van der Waals surface area contributed by atoms with Crippen LogP contribution in [-0.2, 0) is 10.0 Å². The number of nitrogens with zero attached hydrogens (tertiary/aromatic N) is 3. The Labute approximate surface area is 125 Å². The van der Waals surface area contributed by atoms with Crippen molar-refractivity contribution in [1.82, 2.24) is 9.29 Å². The third-order valence-electron chi connectivity index (χ3n) is 2.54. The zero-order valence-corrected chi connectivity index (χ0v) is 13.5. The molecule has 20 heavy (non-hydrogen) atoms. The van der Waals surface area contributed by atoms with Gasteiger partial charge in [-0.15, -0.1) is 0 Å². The predicted octanol–water partition coefficient (Wildman–Crippen LogP) is 1.80. The van der Waals surface area contributed by atoms with E-state index in [1.807, 2.05) is 0 Å². The van der Waals surface area contributed by atoms with Crippen molar-refractivity contribution < 1.29 is 17.2 Å². The summed E-state index contributed by atoms with van der Waals surface area (Å²) in [5, 5.41) is 0.513. The second kappa shape index (κ2) is 7.28. The molecular formula is C11H16BrF2N3O2S. The Kier molecular flexibility index (Phi) is 6.28. The second-order valence-corrected chi connectivity index (χ2v) is 7.11. The first kappa shape index (κ1) is 17.3. The molecule has 1 aromatic rings. The van der Waals surface area contributed by atoms with E-state index >= 15 is 0 Å². The minimum atomic E-state index is -3.56. The van der Waals surface area contributed by atoms with Gasteiger partial charge < -0.3 is 4.90 Å². The third-order valence-corrected chi connectivity index (χ3v) is 4.69. The first-order valence-corrected chi connectivity index (χ1v) is 8.33. The van der Waals surface area contributed by atoms with E-state index < -0.39 is 23.0 Å². The fourth-order valence-electron chi connectivity index (χ4n) is 1.49. The molecule has 1 rings (SSSR count). The summed E-state index contributed by atoms with van der Waals surface area (Å²) in [5.74, 6) is 0.322. The monoisotopic (exact) mass is 371 g/mol. The van der Waals surface area contributed by atoms with Crippen molar-refractivity contribution in [3.63, 3.8) is 0 Å². The Balaban J connectivity index is 2.99. The van der Waals surface area contributed by atoms with Gasteiger partial charge in [0, 0.05) is 32.2 Å². The van der Waals surface area contributed by atoms with Gasteiger partial charge in [-0.1, -0.05) is 15.9 Å². The van der Waals surface area contributed by atoms with E-state index in [2.05, 4.69) is 20.9 Å². The molecule has 0 aliphatic heterocycles. The lowest BCUT2D eigenvalue weighted by Gasteiger charge is -2.22. The van der Waals surface area contributed by atoms with E-state index in [0.29, 0.717) is 17.7 Å². The van der Waals surface area contributed by atoms with Gasteiger partial charge in [0.25, 0.3) is 6.43 Å². The molecule has 0 saturated carbocycles. The lowest BCUT2D eigenvalue weighted by molar-refractivity contribution is 0.155. The van der Waals surface area contributed by atoms with Crippen LogP contribution in [0.2, 0.25) is 0 Å². The quantitative estimate of drug-likeness (QED) is 0.685. The van der Waals surface area contributed by atoms with Crippen LogP contribution in [-0.4, -0.2) is 56.6 Å². The smallest absolute Gasteiger partial charge is 0.255 e. The minimum Gasteiger partial charge on any atom is -0.350 e. The maximum absolute atomic E-state index is 12.5. The molecule has 0 radical (unpaired) electrons. The number of sulfonamides is 1. The van der Waals surface area contributed by atoms with Crippen LogP contribution >= 0.6 is 15.9 Å². The molecule has 0 amide bonds. The van der Waals surface area contributed by atoms with Gasteiger partial charge in [0.1, 0.15) is 10.7 Å². The van der Waals surface area contributed by atoms with Gasteiger partial charge in [-0.25, -0.2) is 26.5 Å². The molecule has 0 aliphatic rings. The zero-order chi connectivity index (χ0) is 15.3. The molecule has 1 heterocycles. The van der Waals surface area contributed by atoms with Crippen molar-refractivity contribution >= 4 is 31.8 Å². The average molecular weight is 372 g/mol. The number of rotatable bonds is 7. The Hall–Kier alpha value is -0.800. The van der Waals surface area contributed by atoms with Crippen LogP contribution in [0.5, 0.6) is 0 Å². The largest absolute Gasteiger partial charge is 0.350 e. The minimum absolute atomic E-state index is 0.0297. The van der Waals surface area contributed by atoms with Crippen LogP contribution in [0.3, 0.4) is 0 Å². The number of alkyl halides is 3. The summed E-state index contributed by atoms with van der Waals surface area (Å²) in [4.78, 5) is 5.39. The van der Waals surface area contributed by atoms with E-state index in [4.69, 9.17) is 0 Å². The van der Waals surface area contributed by atoms with Crippen molar-refractivity contribution in [2.75, 3.05) is 37.4 Å². The summed E-state index contributed by atoms with van der Waals surface area (Å²) in [5.41, 5.74) is 0. The highest BCUT2D eigenvalue weighted by Gasteiger charge is 2.19. The molecule has 114 valence electrons. The molecule has 0 aliphatic carbocycles. The Morgan fingerprint density at radius 3 is 2.40 bits per heavy atom. The van der Waals surface area contributed by atoms with Gasteiger partial charge in [0.15, 0.2) is 0 Å². The molecule has 0 N–H and O–H groups in total. The maximum Gasteiger partial charge on any atom is 0.255 e. The Morgan fingerprint density at radius 2 is 2.00 bits per heavy atom. The fourth-order valence-corrected chi connectivity index (χ4v) is 2.77. The van der Waals surface area contributed by atoms with Gasteiger partial charge in [-0.2, -0.15) is 0 Å². The van der Waals surface area contributed by atoms with Crippen LogP contribution in [0.15, 0.2) is 23.2 Å². The second-order valence-electron chi connectivity index (χ2n) is 4.17. The van der Waals surface area contributed by atoms with Crippen molar-refractivity contribution in [2.24, 2.45) is 0 Å². The van der Waals surface area contributed by atoms with Gasteiger partial charge in [0.05, 0.1) is 6.54 Å². The molecule has 1 aromatic heterocycles. The van der Waals surface area contributed by atoms with E-state index in [-0.39, 0.29) is 4.90 Å². The topological polar surface area (TPSA) is 53.5 Å². The average Bonchev–Trinajstić information content (AvgIpc) is 2.37. The van der Waals surface area contributed by atoms with Gasteiger partial charge >= 0.3 is 0 Å². The molecule has 0 aromatic carbocycles. The highest BCUT2D eigenvalue weighted by atomic mass is 79.9. The highest BCUT2D eigenvalue weighted by molar-refractivity contribution is 9.09. The fraction of sp³-hybridized carbons (Fsp3) is 0.545. The van der Waals surface area contributed by atoms with Crippen LogP contribution in [0.1, 0.15) is 0 Å². The van der Waals surface area contributed by atoms with Crippen LogP contribution in [0, 0.1) is 0 Å². The van der Waals surface area contributed by atoms with E-state index in [9.17, 15) is 17.2 Å². The van der Waals surface area contributed by atoms with Crippen molar-refractivity contribution in [2.45, 2.75) is 11.3 Å². The van der Waals surface area contributed by atoms with Crippen LogP contribution < -0.4 is 4.90 Å². The molecule has 5 nitrogen and oxygen atoms in total. The summed E-state index contributed by atoms with van der Waals surface area (Å²) in [6, 6.07) is 2.80. The number of hydrogen-bond acceptors (Lipinski definition) is 4. The predicted molar refractivity (Wildman–Crippen MR) is 77.1 cm³/mol. The lowest BCUT2D eigenvalue weighted by atomic mass is 10.4. The van der Waals surface area contributed by atoms with Gasteiger partial charge in [-0.3, -0.25) is 0 Å². The number of anilines is 1. The molecule has 0 spiro atoms. The van der Waals surface area contributed by atoms with Crippen LogP contribution in [0.25, 0.3) is 0 Å². The number of aromatic nitrogens is 1. The summed E-state index contributed by atoms with van der Waals surface area (Å²) in [7, 11) is -0.732. The Morgan fingerprint density at radius 1 is 1.35 bits per heavy atom. The van der Waals surface area contributed by atoms with E-state index in [1.165, 1.54) is 37.3 Å². The number of hydrogen-bond donors (Lipinski definition) is 0. The van der Waals surface area contributed by atoms with E-state index in [1.54, 1.807) is 0 Å². The zero-order valence-electron chi connectivity index (χ0n) is 11.1. The van der Waals surface area contributed by atoms with Gasteiger partial charge in [-0.05, 0) is 12.1 Å². The molecular weight excluding hydrogens is 356 g/mol. The van der Waals surface area contributed by atoms with Gasteiger partial charge in [0.2, 0.25) is 10.0 Å². The summed E-state index contributed by atoms with van der Waals surface area (Å²) < 4.78 is 49.8. The normalized spacial score (nSPS) is 12.2. The molecule has 0 unspecified atom stereocenters. The summed E-state index contributed by atoms with van der Waals surface area (Å²) in [6.45, 7) is -0.0878. The molecule has 0 saturated heterocycles. The van der Waals surface area contributed by atoms with Crippen molar-refractivity contribution in [3.05, 3.63) is 18.3 Å². The summed E-state index contributed by atoms with van der Waals surface area (Å²) >= 11 is 3.19. The maximum atomic E-state index is 12.5. The van der Waals surface area contributed by atoms with Crippen molar-refractivity contribution in [3.8, 4) is 0 Å². The lowest BCUT2D eigenvalue weighted by Crippen LogP contribution is -2.31. The summed E-state index contributed by atoms with van der Waals surface area (Å²) in [6.07, 6.45) is -1.31. The highest BCUT2D eigenvalue weighted by Crippen LogP contribution is 2.17. The number of pyridine rings is 1. The van der Waals surface area contributed by atoms with Crippen molar-refractivity contribution in [1.29, 1.82) is 0 Å². The van der Waals surface area contributed by atoms with Crippen LogP contribution in [0.4, 0.5) is 14.6 Å². The molecule has 0 bridgehead atoms. The third kappa shape index (κ3) is 4.35. The molecule has 9 heteroatoms. The first-order chi connectivity index (χ1) is 9.28. The molecule has 0 fully saturated rings. The standard InChI is InChI=1S/C11H16BrF2N3O2S/c1-16(2)20(18,19)9-3-4-11(15-7-9)17(6-5-12)8-10(13)14/h3-4,7,10H,5-6,8H2,1-2H3. The number of halogens is 3.